The average Bonchev–Trinajstić information content (AvgIpc) is 2.73. The molecule has 0 bridgehead atoms. The van der Waals surface area contributed by atoms with Crippen LogP contribution in [0.5, 0.6) is 0 Å². The van der Waals surface area contributed by atoms with Crippen LogP contribution < -0.4 is 5.32 Å². The van der Waals surface area contributed by atoms with Gasteiger partial charge in [0.05, 0.1) is 10.6 Å². The lowest BCUT2D eigenvalue weighted by molar-refractivity contribution is -0.140. The molecule has 0 spiro atoms. The van der Waals surface area contributed by atoms with E-state index >= 15 is 0 Å². The molecule has 31 heavy (non-hydrogen) atoms. The van der Waals surface area contributed by atoms with Gasteiger partial charge in [-0.1, -0.05) is 49.7 Å². The van der Waals surface area contributed by atoms with Gasteiger partial charge in [-0.25, -0.2) is 0 Å². The molecule has 1 aliphatic heterocycles. The zero-order chi connectivity index (χ0) is 22.7. The van der Waals surface area contributed by atoms with Gasteiger partial charge in [0.25, 0.3) is 5.91 Å². The Bertz CT molecular complexity index is 1000. The van der Waals surface area contributed by atoms with Gasteiger partial charge in [-0.15, -0.1) is 0 Å². The molecule has 2 aromatic carbocycles. The first kappa shape index (κ1) is 22.8. The van der Waals surface area contributed by atoms with Crippen molar-refractivity contribution in [3.63, 3.8) is 0 Å². The highest BCUT2D eigenvalue weighted by Crippen LogP contribution is 2.27. The van der Waals surface area contributed by atoms with E-state index in [-0.39, 0.29) is 23.6 Å². The number of fused-ring (bicyclic) bond motifs is 1. The van der Waals surface area contributed by atoms with Crippen LogP contribution in [-0.2, 0) is 22.6 Å². The van der Waals surface area contributed by atoms with E-state index in [0.29, 0.717) is 35.7 Å². The molecule has 7 heteroatoms. The maximum Gasteiger partial charge on any atom is 0.254 e. The Hall–Kier alpha value is -2.86. The van der Waals surface area contributed by atoms with Gasteiger partial charge in [0.2, 0.25) is 11.8 Å². The summed E-state index contributed by atoms with van der Waals surface area (Å²) in [6.07, 6.45) is 0.831. The Labute approximate surface area is 188 Å². The summed E-state index contributed by atoms with van der Waals surface area (Å²) in [5, 5.41) is 3.20. The molecule has 1 atom stereocenters. The molecule has 164 valence electrons. The highest BCUT2D eigenvalue weighted by Gasteiger charge is 2.34. The first-order valence-electron chi connectivity index (χ1n) is 10.4. The summed E-state index contributed by atoms with van der Waals surface area (Å²) in [4.78, 5) is 41.6. The van der Waals surface area contributed by atoms with Crippen LogP contribution in [0.15, 0.2) is 42.5 Å². The maximum atomic E-state index is 13.2. The number of benzene rings is 2. The standard InChI is InChI=1S/C24H28ClN3O3/c1-15(2)11-22(29)28-14-17-8-6-5-7-16(17)12-21(28)23(30)26-18-9-10-20(25)19(13-18)24(31)27(3)4/h5-10,13,15,21H,11-12,14H2,1-4H3,(H,26,30). The van der Waals surface area contributed by atoms with Crippen molar-refractivity contribution in [2.24, 2.45) is 5.92 Å². The van der Waals surface area contributed by atoms with E-state index in [1.807, 2.05) is 38.1 Å². The summed E-state index contributed by atoms with van der Waals surface area (Å²) in [5.74, 6) is -0.368. The van der Waals surface area contributed by atoms with Crippen LogP contribution in [0.4, 0.5) is 5.69 Å². The van der Waals surface area contributed by atoms with E-state index in [9.17, 15) is 14.4 Å². The molecule has 3 amide bonds. The molecule has 0 saturated heterocycles. The zero-order valence-electron chi connectivity index (χ0n) is 18.3. The van der Waals surface area contributed by atoms with E-state index in [0.717, 1.165) is 11.1 Å². The van der Waals surface area contributed by atoms with Crippen molar-refractivity contribution in [1.29, 1.82) is 0 Å². The van der Waals surface area contributed by atoms with Crippen molar-refractivity contribution in [3.05, 3.63) is 64.2 Å². The Morgan fingerprint density at radius 1 is 1.13 bits per heavy atom. The molecule has 0 radical (unpaired) electrons. The van der Waals surface area contributed by atoms with Gasteiger partial charge in [-0.05, 0) is 35.2 Å². The lowest BCUT2D eigenvalue weighted by Gasteiger charge is -2.36. The number of carbonyl (C=O) groups is 3. The van der Waals surface area contributed by atoms with Crippen molar-refractivity contribution in [2.75, 3.05) is 19.4 Å². The molecule has 1 unspecified atom stereocenters. The molecule has 0 saturated carbocycles. The van der Waals surface area contributed by atoms with E-state index in [4.69, 9.17) is 11.6 Å². The fraction of sp³-hybridized carbons (Fsp3) is 0.375. The Balaban J connectivity index is 1.87. The number of nitrogens with zero attached hydrogens (tertiary/aromatic N) is 2. The Morgan fingerprint density at radius 3 is 2.45 bits per heavy atom. The van der Waals surface area contributed by atoms with Gasteiger partial charge in [0.1, 0.15) is 6.04 Å². The molecule has 1 heterocycles. The number of hydrogen-bond donors (Lipinski definition) is 1. The number of amides is 3. The van der Waals surface area contributed by atoms with Crippen molar-refractivity contribution in [2.45, 2.75) is 39.3 Å². The highest BCUT2D eigenvalue weighted by atomic mass is 35.5. The third-order valence-corrected chi connectivity index (χ3v) is 5.65. The van der Waals surface area contributed by atoms with Crippen LogP contribution in [0.1, 0.15) is 41.8 Å². The maximum absolute atomic E-state index is 13.2. The third-order valence-electron chi connectivity index (χ3n) is 5.32. The fourth-order valence-electron chi connectivity index (χ4n) is 3.72. The van der Waals surface area contributed by atoms with E-state index in [2.05, 4.69) is 5.32 Å². The second-order valence-electron chi connectivity index (χ2n) is 8.49. The molecule has 0 aromatic heterocycles. The summed E-state index contributed by atoms with van der Waals surface area (Å²) in [7, 11) is 3.28. The van der Waals surface area contributed by atoms with Gasteiger partial charge < -0.3 is 15.1 Å². The molecule has 6 nitrogen and oxygen atoms in total. The van der Waals surface area contributed by atoms with Gasteiger partial charge in [-0.2, -0.15) is 0 Å². The summed E-state index contributed by atoms with van der Waals surface area (Å²) < 4.78 is 0. The third kappa shape index (κ3) is 5.25. The zero-order valence-corrected chi connectivity index (χ0v) is 19.1. The Kier molecular flexibility index (Phi) is 7.01. The summed E-state index contributed by atoms with van der Waals surface area (Å²) in [5.41, 5.74) is 2.91. The second-order valence-corrected chi connectivity index (χ2v) is 8.90. The monoisotopic (exact) mass is 441 g/mol. The van der Waals surface area contributed by atoms with E-state index in [1.165, 1.54) is 4.90 Å². The second kappa shape index (κ2) is 9.52. The van der Waals surface area contributed by atoms with Crippen LogP contribution in [0.3, 0.4) is 0 Å². The first-order valence-corrected chi connectivity index (χ1v) is 10.7. The van der Waals surface area contributed by atoms with Crippen molar-refractivity contribution >= 4 is 35.0 Å². The average molecular weight is 442 g/mol. The van der Waals surface area contributed by atoms with Crippen molar-refractivity contribution in [3.8, 4) is 0 Å². The molecule has 0 fully saturated rings. The fourth-order valence-corrected chi connectivity index (χ4v) is 3.92. The minimum Gasteiger partial charge on any atom is -0.345 e. The molecular weight excluding hydrogens is 414 g/mol. The normalized spacial score (nSPS) is 15.4. The largest absolute Gasteiger partial charge is 0.345 e. The van der Waals surface area contributed by atoms with Gasteiger partial charge in [-0.3, -0.25) is 14.4 Å². The van der Waals surface area contributed by atoms with Crippen LogP contribution in [0, 0.1) is 5.92 Å². The van der Waals surface area contributed by atoms with Crippen LogP contribution in [-0.4, -0.2) is 47.7 Å². The Morgan fingerprint density at radius 2 is 1.81 bits per heavy atom. The number of nitrogens with one attached hydrogen (secondary N) is 1. The summed E-state index contributed by atoms with van der Waals surface area (Å²) >= 11 is 6.18. The molecule has 0 aliphatic carbocycles. The number of anilines is 1. The minimum absolute atomic E-state index is 0.0377. The number of halogens is 1. The number of rotatable bonds is 5. The molecule has 1 N–H and O–H groups in total. The lowest BCUT2D eigenvalue weighted by atomic mass is 9.92. The summed E-state index contributed by atoms with van der Waals surface area (Å²) in [6.45, 7) is 4.38. The van der Waals surface area contributed by atoms with Crippen molar-refractivity contribution < 1.29 is 14.4 Å². The van der Waals surface area contributed by atoms with Crippen LogP contribution >= 0.6 is 11.6 Å². The van der Waals surface area contributed by atoms with Gasteiger partial charge in [0.15, 0.2) is 0 Å². The topological polar surface area (TPSA) is 69.7 Å². The molecule has 3 rings (SSSR count). The van der Waals surface area contributed by atoms with E-state index < -0.39 is 6.04 Å². The number of carbonyl (C=O) groups excluding carboxylic acids is 3. The van der Waals surface area contributed by atoms with Crippen LogP contribution in [0.2, 0.25) is 5.02 Å². The smallest absolute Gasteiger partial charge is 0.254 e. The minimum atomic E-state index is -0.621. The lowest BCUT2D eigenvalue weighted by Crippen LogP contribution is -2.50. The van der Waals surface area contributed by atoms with Crippen molar-refractivity contribution in [1.82, 2.24) is 9.80 Å². The molecule has 1 aliphatic rings. The predicted molar refractivity (Wildman–Crippen MR) is 122 cm³/mol. The molecule has 2 aromatic rings. The SMILES string of the molecule is CC(C)CC(=O)N1Cc2ccccc2CC1C(=O)Nc1ccc(Cl)c(C(=O)N(C)C)c1. The molecular formula is C24H28ClN3O3. The van der Waals surface area contributed by atoms with E-state index in [1.54, 1.807) is 37.2 Å². The van der Waals surface area contributed by atoms with Crippen LogP contribution in [0.25, 0.3) is 0 Å². The first-order chi connectivity index (χ1) is 14.7. The quantitative estimate of drug-likeness (QED) is 0.762. The number of hydrogen-bond acceptors (Lipinski definition) is 3. The van der Waals surface area contributed by atoms with Gasteiger partial charge >= 0.3 is 0 Å². The summed E-state index contributed by atoms with van der Waals surface area (Å²) in [6, 6.07) is 12.1. The predicted octanol–water partition coefficient (Wildman–Crippen LogP) is 3.98. The highest BCUT2D eigenvalue weighted by molar-refractivity contribution is 6.34. The van der Waals surface area contributed by atoms with Gasteiger partial charge in [0, 0.05) is 39.2 Å².